The molecule has 0 saturated carbocycles. The largest absolute Gasteiger partial charge is 0.508 e. The van der Waals surface area contributed by atoms with Crippen molar-refractivity contribution in [3.05, 3.63) is 42.0 Å². The topological polar surface area (TPSA) is 44.0 Å². The van der Waals surface area contributed by atoms with Gasteiger partial charge < -0.3 is 5.11 Å². The monoisotopic (exact) mass is 169 g/mol. The van der Waals surface area contributed by atoms with Gasteiger partial charge in [-0.1, -0.05) is 12.1 Å². The summed E-state index contributed by atoms with van der Waals surface area (Å²) in [5.41, 5.74) is 2.51. The molecule has 0 unspecified atom stereocenters. The molecule has 0 saturated heterocycles. The van der Waals surface area contributed by atoms with Crippen LogP contribution >= 0.6 is 0 Å². The summed E-state index contributed by atoms with van der Waals surface area (Å²) in [4.78, 5) is 0. The summed E-state index contributed by atoms with van der Waals surface area (Å²) in [5.74, 6) is 0.264. The van der Waals surface area contributed by atoms with Gasteiger partial charge in [0.2, 0.25) is 0 Å². The van der Waals surface area contributed by atoms with Gasteiger partial charge in [-0.15, -0.1) is 0 Å². The van der Waals surface area contributed by atoms with Crippen molar-refractivity contribution in [3.63, 3.8) is 0 Å². The minimum absolute atomic E-state index is 0.264. The molecule has 0 aromatic heterocycles. The van der Waals surface area contributed by atoms with E-state index in [1.807, 2.05) is 12.1 Å². The van der Waals surface area contributed by atoms with Gasteiger partial charge in [-0.05, 0) is 35.4 Å². The number of aromatic hydroxyl groups is 1. The third-order valence-electron chi connectivity index (χ3n) is 1.95. The summed E-state index contributed by atoms with van der Waals surface area (Å²) in [6, 6.07) is 12.5. The molecule has 2 aliphatic rings. The Balaban J connectivity index is 2.67. The average Bonchev–Trinajstić information content (AvgIpc) is 2.37. The molecule has 0 heterocycles. The van der Waals surface area contributed by atoms with Gasteiger partial charge in [0.15, 0.2) is 0 Å². The van der Waals surface area contributed by atoms with Crippen LogP contribution in [0.2, 0.25) is 0 Å². The third-order valence-corrected chi connectivity index (χ3v) is 1.95. The molecule has 13 heavy (non-hydrogen) atoms. The fraction of sp³-hybridized carbons (Fsp3) is 0. The molecular formula is C11H7NO. The van der Waals surface area contributed by atoms with Crippen LogP contribution < -0.4 is 0 Å². The van der Waals surface area contributed by atoms with E-state index in [2.05, 4.69) is 6.07 Å². The van der Waals surface area contributed by atoms with Crippen LogP contribution in [0.15, 0.2) is 36.4 Å². The van der Waals surface area contributed by atoms with E-state index in [4.69, 9.17) is 5.26 Å². The number of rotatable bonds is 0. The van der Waals surface area contributed by atoms with E-state index < -0.39 is 0 Å². The molecule has 0 bridgehead atoms. The lowest BCUT2D eigenvalue weighted by Crippen LogP contribution is -1.60. The van der Waals surface area contributed by atoms with Gasteiger partial charge in [0.1, 0.15) is 5.75 Å². The SMILES string of the molecule is N#Cc1ccc2cc(O)cc-2cc1. The number of hydrogen-bond donors (Lipinski definition) is 1. The van der Waals surface area contributed by atoms with Crippen molar-refractivity contribution in [1.82, 2.24) is 0 Å². The minimum atomic E-state index is 0.264. The molecule has 0 amide bonds. The summed E-state index contributed by atoms with van der Waals surface area (Å²) >= 11 is 0. The highest BCUT2D eigenvalue weighted by atomic mass is 16.3. The Kier molecular flexibility index (Phi) is 1.64. The first-order valence-corrected chi connectivity index (χ1v) is 3.92. The number of nitriles is 1. The Morgan fingerprint density at radius 1 is 1.00 bits per heavy atom. The maximum Gasteiger partial charge on any atom is 0.116 e. The molecule has 1 N–H and O–H groups in total. The van der Waals surface area contributed by atoms with Crippen LogP contribution in [-0.2, 0) is 0 Å². The summed E-state index contributed by atoms with van der Waals surface area (Å²) < 4.78 is 0. The second-order valence-electron chi connectivity index (χ2n) is 2.86. The molecule has 62 valence electrons. The fourth-order valence-corrected chi connectivity index (χ4v) is 1.30. The standard InChI is InChI=1S/C11H7NO/c12-7-8-1-3-9-5-11(13)6-10(9)4-2-8/h1-6,13H. The lowest BCUT2D eigenvalue weighted by atomic mass is 10.2. The first-order valence-electron chi connectivity index (χ1n) is 3.92. The van der Waals surface area contributed by atoms with Crippen molar-refractivity contribution >= 4 is 0 Å². The highest BCUT2D eigenvalue weighted by molar-refractivity contribution is 5.70. The maximum atomic E-state index is 9.20. The molecule has 0 spiro atoms. The predicted octanol–water partition coefficient (Wildman–Crippen LogP) is 2.37. The van der Waals surface area contributed by atoms with E-state index in [9.17, 15) is 5.11 Å². The molecule has 0 radical (unpaired) electrons. The van der Waals surface area contributed by atoms with Crippen LogP contribution in [0.3, 0.4) is 0 Å². The number of fused-ring (bicyclic) bond motifs is 1. The third kappa shape index (κ3) is 1.32. The first kappa shape index (κ1) is 7.63. The number of hydrogen-bond acceptors (Lipinski definition) is 2. The van der Waals surface area contributed by atoms with Crippen molar-refractivity contribution in [2.45, 2.75) is 0 Å². The Bertz CT molecular complexity index is 423. The maximum absolute atomic E-state index is 9.20. The van der Waals surface area contributed by atoms with Crippen LogP contribution in [0, 0.1) is 11.3 Å². The average molecular weight is 169 g/mol. The van der Waals surface area contributed by atoms with Crippen molar-refractivity contribution in [2.24, 2.45) is 0 Å². The van der Waals surface area contributed by atoms with Crippen LogP contribution in [-0.4, -0.2) is 5.11 Å². The second-order valence-corrected chi connectivity index (χ2v) is 2.86. The van der Waals surface area contributed by atoms with Crippen LogP contribution in [0.5, 0.6) is 5.75 Å². The van der Waals surface area contributed by atoms with Gasteiger partial charge in [-0.2, -0.15) is 5.26 Å². The molecule has 2 nitrogen and oxygen atoms in total. The molecule has 0 aromatic carbocycles. The van der Waals surface area contributed by atoms with Gasteiger partial charge in [0, 0.05) is 0 Å². The Morgan fingerprint density at radius 3 is 2.00 bits per heavy atom. The summed E-state index contributed by atoms with van der Waals surface area (Å²) in [6.07, 6.45) is 0. The highest BCUT2D eigenvalue weighted by Crippen LogP contribution is 2.28. The van der Waals surface area contributed by atoms with E-state index in [1.165, 1.54) is 0 Å². The first-order chi connectivity index (χ1) is 6.29. The van der Waals surface area contributed by atoms with Crippen molar-refractivity contribution in [1.29, 1.82) is 5.26 Å². The van der Waals surface area contributed by atoms with Gasteiger partial charge in [-0.3, -0.25) is 0 Å². The smallest absolute Gasteiger partial charge is 0.116 e. The molecule has 0 atom stereocenters. The van der Waals surface area contributed by atoms with Gasteiger partial charge >= 0.3 is 0 Å². The minimum Gasteiger partial charge on any atom is -0.508 e. The van der Waals surface area contributed by atoms with E-state index in [0.717, 1.165) is 11.1 Å². The molecule has 2 aliphatic carbocycles. The lowest BCUT2D eigenvalue weighted by molar-refractivity contribution is 0.477. The molecule has 2 rings (SSSR count). The Morgan fingerprint density at radius 2 is 1.54 bits per heavy atom. The van der Waals surface area contributed by atoms with Crippen molar-refractivity contribution < 1.29 is 5.11 Å². The van der Waals surface area contributed by atoms with E-state index in [0.29, 0.717) is 5.56 Å². The van der Waals surface area contributed by atoms with Crippen LogP contribution in [0.1, 0.15) is 5.56 Å². The van der Waals surface area contributed by atoms with E-state index in [1.54, 1.807) is 24.3 Å². The second kappa shape index (κ2) is 2.80. The van der Waals surface area contributed by atoms with E-state index >= 15 is 0 Å². The zero-order valence-electron chi connectivity index (χ0n) is 6.86. The molecule has 2 heteroatoms. The predicted molar refractivity (Wildman–Crippen MR) is 49.4 cm³/mol. The molecule has 0 aromatic rings. The zero-order chi connectivity index (χ0) is 9.26. The van der Waals surface area contributed by atoms with Crippen molar-refractivity contribution in [2.75, 3.05) is 0 Å². The quantitative estimate of drug-likeness (QED) is 0.657. The molecular weight excluding hydrogens is 162 g/mol. The summed E-state index contributed by atoms with van der Waals surface area (Å²) in [5, 5.41) is 17.8. The van der Waals surface area contributed by atoms with Crippen molar-refractivity contribution in [3.8, 4) is 22.9 Å². The van der Waals surface area contributed by atoms with Crippen LogP contribution in [0.4, 0.5) is 0 Å². The molecule has 0 aliphatic heterocycles. The molecule has 0 fully saturated rings. The zero-order valence-corrected chi connectivity index (χ0v) is 6.86. The Labute approximate surface area is 76.0 Å². The summed E-state index contributed by atoms with van der Waals surface area (Å²) in [7, 11) is 0. The van der Waals surface area contributed by atoms with Gasteiger partial charge in [0.05, 0.1) is 11.6 Å². The fourth-order valence-electron chi connectivity index (χ4n) is 1.30. The number of nitrogens with zero attached hydrogens (tertiary/aromatic N) is 1. The highest BCUT2D eigenvalue weighted by Gasteiger charge is 2.03. The normalized spacial score (nSPS) is 9.77. The van der Waals surface area contributed by atoms with E-state index in [-0.39, 0.29) is 5.75 Å². The summed E-state index contributed by atoms with van der Waals surface area (Å²) in [6.45, 7) is 0. The lowest BCUT2D eigenvalue weighted by Gasteiger charge is -1.85. The van der Waals surface area contributed by atoms with Crippen LogP contribution in [0.25, 0.3) is 11.1 Å². The van der Waals surface area contributed by atoms with Gasteiger partial charge in [0.25, 0.3) is 0 Å². The Hall–Kier alpha value is -2.01. The van der Waals surface area contributed by atoms with Gasteiger partial charge in [-0.25, -0.2) is 0 Å².